The van der Waals surface area contributed by atoms with Crippen molar-refractivity contribution in [3.63, 3.8) is 0 Å². The van der Waals surface area contributed by atoms with Crippen molar-refractivity contribution < 1.29 is 4.79 Å². The van der Waals surface area contributed by atoms with E-state index < -0.39 is 0 Å². The molecule has 1 heterocycles. The lowest BCUT2D eigenvalue weighted by Crippen LogP contribution is -2.30. The molecule has 3 N–H and O–H groups in total. The molecule has 0 fully saturated rings. The number of carbonyl (C=O) groups is 1. The average molecular weight is 338 g/mol. The maximum absolute atomic E-state index is 11.4. The molecule has 0 bridgehead atoms. The number of hydrazine groups is 1. The molecular formula is C13H12BrN3OS. The molecule has 0 saturated heterocycles. The topological polar surface area (TPSA) is 68.0 Å². The van der Waals surface area contributed by atoms with Crippen LogP contribution < -0.4 is 11.3 Å². The average Bonchev–Trinajstić information content (AvgIpc) is 2.45. The van der Waals surface area contributed by atoms with E-state index in [4.69, 9.17) is 5.84 Å². The van der Waals surface area contributed by atoms with Crippen LogP contribution in [0.1, 0.15) is 16.2 Å². The van der Waals surface area contributed by atoms with Crippen LogP contribution in [0.5, 0.6) is 0 Å². The van der Waals surface area contributed by atoms with Crippen molar-refractivity contribution in [2.45, 2.75) is 10.6 Å². The van der Waals surface area contributed by atoms with Gasteiger partial charge in [0.2, 0.25) is 0 Å². The van der Waals surface area contributed by atoms with E-state index in [0.29, 0.717) is 11.4 Å². The number of nitrogens with one attached hydrogen (secondary N) is 1. The zero-order chi connectivity index (χ0) is 13.7. The molecular weight excluding hydrogens is 326 g/mol. The quantitative estimate of drug-likeness (QED) is 0.389. The molecule has 0 aliphatic carbocycles. The van der Waals surface area contributed by atoms with Gasteiger partial charge in [0, 0.05) is 15.1 Å². The summed E-state index contributed by atoms with van der Waals surface area (Å²) in [7, 11) is 0. The van der Waals surface area contributed by atoms with Gasteiger partial charge in [-0.2, -0.15) is 0 Å². The molecule has 0 spiro atoms. The van der Waals surface area contributed by atoms with Crippen LogP contribution in [0.4, 0.5) is 0 Å². The number of nitrogens with two attached hydrogens (primary N) is 1. The van der Waals surface area contributed by atoms with Crippen LogP contribution in [0.3, 0.4) is 0 Å². The minimum Gasteiger partial charge on any atom is -0.289 e. The first-order valence-corrected chi connectivity index (χ1v) is 7.32. The van der Waals surface area contributed by atoms with E-state index in [2.05, 4.69) is 26.3 Å². The fourth-order valence-electron chi connectivity index (χ4n) is 1.47. The largest absolute Gasteiger partial charge is 0.289 e. The van der Waals surface area contributed by atoms with E-state index in [0.717, 1.165) is 15.1 Å². The summed E-state index contributed by atoms with van der Waals surface area (Å²) >= 11 is 5.09. The van der Waals surface area contributed by atoms with Gasteiger partial charge in [-0.05, 0) is 30.3 Å². The van der Waals surface area contributed by atoms with E-state index in [9.17, 15) is 4.79 Å². The number of amides is 1. The maximum Gasteiger partial charge on any atom is 0.283 e. The second-order valence-corrected chi connectivity index (χ2v) is 5.70. The Morgan fingerprint density at radius 2 is 2.11 bits per heavy atom. The fraction of sp³-hybridized carbons (Fsp3) is 0.0769. The van der Waals surface area contributed by atoms with Gasteiger partial charge in [0.25, 0.3) is 5.91 Å². The molecule has 19 heavy (non-hydrogen) atoms. The lowest BCUT2D eigenvalue weighted by atomic mass is 10.3. The van der Waals surface area contributed by atoms with E-state index in [-0.39, 0.29) is 5.91 Å². The Kier molecular flexibility index (Phi) is 4.95. The van der Waals surface area contributed by atoms with E-state index in [1.165, 1.54) is 0 Å². The molecule has 1 aromatic carbocycles. The van der Waals surface area contributed by atoms with Gasteiger partial charge >= 0.3 is 0 Å². The van der Waals surface area contributed by atoms with Crippen molar-refractivity contribution in [1.29, 1.82) is 0 Å². The summed E-state index contributed by atoms with van der Waals surface area (Å²) in [5, 5.41) is 0. The zero-order valence-electron chi connectivity index (χ0n) is 9.97. The normalized spacial score (nSPS) is 10.2. The van der Waals surface area contributed by atoms with Crippen molar-refractivity contribution in [2.75, 3.05) is 0 Å². The molecule has 0 radical (unpaired) electrons. The van der Waals surface area contributed by atoms with Gasteiger partial charge in [-0.25, -0.2) is 10.8 Å². The number of hydrogen-bond donors (Lipinski definition) is 2. The van der Waals surface area contributed by atoms with Crippen molar-refractivity contribution in [2.24, 2.45) is 5.84 Å². The summed E-state index contributed by atoms with van der Waals surface area (Å²) in [6, 6.07) is 13.4. The third-order valence-corrected chi connectivity index (χ3v) is 3.87. The second-order valence-electron chi connectivity index (χ2n) is 3.73. The number of nitrogens with zero attached hydrogens (tertiary/aromatic N) is 1. The van der Waals surface area contributed by atoms with Gasteiger partial charge in [-0.3, -0.25) is 10.2 Å². The number of nitrogen functional groups attached to an aromatic ring is 1. The molecule has 0 unspecified atom stereocenters. The summed E-state index contributed by atoms with van der Waals surface area (Å²) in [5.41, 5.74) is 3.24. The van der Waals surface area contributed by atoms with Crippen molar-refractivity contribution in [1.82, 2.24) is 10.4 Å². The predicted molar refractivity (Wildman–Crippen MR) is 79.6 cm³/mol. The van der Waals surface area contributed by atoms with Gasteiger partial charge < -0.3 is 0 Å². The molecule has 1 aromatic heterocycles. The summed E-state index contributed by atoms with van der Waals surface area (Å²) in [5.74, 6) is 5.40. The maximum atomic E-state index is 11.4. The third-order valence-electron chi connectivity index (χ3n) is 2.35. The van der Waals surface area contributed by atoms with Gasteiger partial charge in [0.1, 0.15) is 5.69 Å². The summed E-state index contributed by atoms with van der Waals surface area (Å²) in [6.45, 7) is 0. The highest BCUT2D eigenvalue weighted by Gasteiger charge is 2.06. The standard InChI is InChI=1S/C13H12BrN3OS/c14-9-3-1-5-11(7-9)19-8-10-4-2-6-12(16-10)13(18)17-15/h1-7H,8,15H2,(H,17,18). The van der Waals surface area contributed by atoms with Gasteiger partial charge in [-0.15, -0.1) is 11.8 Å². The van der Waals surface area contributed by atoms with Crippen LogP contribution in [0.25, 0.3) is 0 Å². The molecule has 0 saturated carbocycles. The minimum absolute atomic E-state index is 0.329. The van der Waals surface area contributed by atoms with Crippen LogP contribution in [-0.4, -0.2) is 10.9 Å². The number of pyridine rings is 1. The van der Waals surface area contributed by atoms with E-state index in [1.807, 2.05) is 30.3 Å². The number of hydrogen-bond acceptors (Lipinski definition) is 4. The third kappa shape index (κ3) is 4.05. The van der Waals surface area contributed by atoms with Crippen molar-refractivity contribution in [3.05, 3.63) is 58.3 Å². The Balaban J connectivity index is 2.05. The highest BCUT2D eigenvalue weighted by atomic mass is 79.9. The molecule has 2 aromatic rings. The fourth-order valence-corrected chi connectivity index (χ4v) is 2.89. The highest BCUT2D eigenvalue weighted by Crippen LogP contribution is 2.24. The summed E-state index contributed by atoms with van der Waals surface area (Å²) in [4.78, 5) is 16.8. The smallest absolute Gasteiger partial charge is 0.283 e. The van der Waals surface area contributed by atoms with Gasteiger partial charge in [0.15, 0.2) is 0 Å². The predicted octanol–water partition coefficient (Wildman–Crippen LogP) is 2.74. The Labute approximate surface area is 123 Å². The second kappa shape index (κ2) is 6.70. The van der Waals surface area contributed by atoms with E-state index in [1.54, 1.807) is 23.9 Å². The lowest BCUT2D eigenvalue weighted by molar-refractivity contribution is 0.0948. The molecule has 2 rings (SSSR count). The molecule has 1 amide bonds. The molecule has 0 aliphatic heterocycles. The summed E-state index contributed by atoms with van der Waals surface area (Å²) in [6.07, 6.45) is 0. The monoisotopic (exact) mass is 337 g/mol. The summed E-state index contributed by atoms with van der Waals surface area (Å²) < 4.78 is 1.04. The zero-order valence-corrected chi connectivity index (χ0v) is 12.4. The van der Waals surface area contributed by atoms with Crippen LogP contribution in [-0.2, 0) is 5.75 Å². The first-order chi connectivity index (χ1) is 9.19. The van der Waals surface area contributed by atoms with Crippen molar-refractivity contribution >= 4 is 33.6 Å². The van der Waals surface area contributed by atoms with Gasteiger partial charge in [0.05, 0.1) is 5.69 Å². The Morgan fingerprint density at radius 3 is 2.84 bits per heavy atom. The number of carbonyl (C=O) groups excluding carboxylic acids is 1. The lowest BCUT2D eigenvalue weighted by Gasteiger charge is -2.04. The van der Waals surface area contributed by atoms with E-state index >= 15 is 0 Å². The number of thioether (sulfide) groups is 1. The Bertz CT molecular complexity index is 592. The van der Waals surface area contributed by atoms with Crippen LogP contribution >= 0.6 is 27.7 Å². The molecule has 6 heteroatoms. The van der Waals surface area contributed by atoms with Gasteiger partial charge in [-0.1, -0.05) is 28.1 Å². The van der Waals surface area contributed by atoms with Crippen molar-refractivity contribution in [3.8, 4) is 0 Å². The first kappa shape index (κ1) is 14.0. The number of rotatable bonds is 4. The number of halogens is 1. The molecule has 0 atom stereocenters. The minimum atomic E-state index is -0.380. The highest BCUT2D eigenvalue weighted by molar-refractivity contribution is 9.10. The van der Waals surface area contributed by atoms with Crippen LogP contribution in [0, 0.1) is 0 Å². The Hall–Kier alpha value is -1.37. The number of aromatic nitrogens is 1. The van der Waals surface area contributed by atoms with Crippen LogP contribution in [0.15, 0.2) is 51.8 Å². The molecule has 4 nitrogen and oxygen atoms in total. The molecule has 98 valence electrons. The Morgan fingerprint density at radius 1 is 1.32 bits per heavy atom. The van der Waals surface area contributed by atoms with Crippen LogP contribution in [0.2, 0.25) is 0 Å². The first-order valence-electron chi connectivity index (χ1n) is 5.54. The SMILES string of the molecule is NNC(=O)c1cccc(CSc2cccc(Br)c2)n1. The molecule has 0 aliphatic rings. The number of benzene rings is 1.